The van der Waals surface area contributed by atoms with E-state index in [0.717, 1.165) is 38.5 Å². The van der Waals surface area contributed by atoms with Crippen LogP contribution in [0.2, 0.25) is 0 Å². The maximum atomic E-state index is 8.83. The van der Waals surface area contributed by atoms with E-state index in [1.54, 1.807) is 0 Å². The van der Waals surface area contributed by atoms with E-state index in [9.17, 15) is 0 Å². The molecule has 0 amide bonds. The van der Waals surface area contributed by atoms with Gasteiger partial charge in [-0.3, -0.25) is 0 Å². The summed E-state index contributed by atoms with van der Waals surface area (Å²) in [6, 6.07) is 10.2. The van der Waals surface area contributed by atoms with Gasteiger partial charge in [0.25, 0.3) is 0 Å². The first-order valence-electron chi connectivity index (χ1n) is 7.24. The Morgan fingerprint density at radius 1 is 0.842 bits per heavy atom. The molecule has 0 heterocycles. The highest BCUT2D eigenvalue weighted by atomic mass is 16.5. The first-order valence-corrected chi connectivity index (χ1v) is 7.24. The van der Waals surface area contributed by atoms with Gasteiger partial charge in [0.05, 0.1) is 12.7 Å². The Hall–Kier alpha value is -0.900. The van der Waals surface area contributed by atoms with Crippen LogP contribution in [0.3, 0.4) is 0 Å². The molecular formula is C16H26O3. The van der Waals surface area contributed by atoms with Gasteiger partial charge in [-0.15, -0.1) is 0 Å². The van der Waals surface area contributed by atoms with Crippen LogP contribution in [-0.2, 0) is 11.3 Å². The van der Waals surface area contributed by atoms with Crippen molar-refractivity contribution in [1.29, 1.82) is 0 Å². The molecule has 0 aromatic heterocycles. The molecule has 0 aliphatic rings. The minimum atomic E-state index is 0.235. The predicted octanol–water partition coefficient (Wildman–Crippen LogP) is 2.90. The van der Waals surface area contributed by atoms with E-state index in [4.69, 9.17) is 14.9 Å². The van der Waals surface area contributed by atoms with Crippen LogP contribution in [0.5, 0.6) is 0 Å². The molecule has 0 saturated heterocycles. The first kappa shape index (κ1) is 16.2. The largest absolute Gasteiger partial charge is 0.396 e. The van der Waals surface area contributed by atoms with Gasteiger partial charge in [0.15, 0.2) is 0 Å². The molecule has 108 valence electrons. The molecule has 3 nitrogen and oxygen atoms in total. The van der Waals surface area contributed by atoms with Crippen LogP contribution >= 0.6 is 0 Å². The summed E-state index contributed by atoms with van der Waals surface area (Å²) in [6.45, 7) is 1.15. The lowest BCUT2D eigenvalue weighted by Gasteiger charge is -2.17. The van der Waals surface area contributed by atoms with E-state index in [1.807, 2.05) is 18.2 Å². The number of hydrogen-bond donors (Lipinski definition) is 2. The zero-order chi connectivity index (χ0) is 13.8. The predicted molar refractivity (Wildman–Crippen MR) is 76.9 cm³/mol. The lowest BCUT2D eigenvalue weighted by Crippen LogP contribution is -2.13. The van der Waals surface area contributed by atoms with Crippen molar-refractivity contribution in [1.82, 2.24) is 0 Å². The molecule has 3 heteroatoms. The minimum Gasteiger partial charge on any atom is -0.396 e. The zero-order valence-electron chi connectivity index (χ0n) is 11.6. The third kappa shape index (κ3) is 7.98. The standard InChI is InChI=1S/C16H26O3/c17-12-6-4-10-16(11-5-7-13-18)19-14-15-8-2-1-3-9-15/h1-3,8-9,16-18H,4-7,10-14H2. The molecule has 0 fully saturated rings. The van der Waals surface area contributed by atoms with Crippen molar-refractivity contribution in [3.05, 3.63) is 35.9 Å². The van der Waals surface area contributed by atoms with Crippen molar-refractivity contribution in [3.8, 4) is 0 Å². The van der Waals surface area contributed by atoms with E-state index in [2.05, 4.69) is 12.1 Å². The number of hydrogen-bond acceptors (Lipinski definition) is 3. The van der Waals surface area contributed by atoms with Gasteiger partial charge in [0.1, 0.15) is 0 Å². The molecule has 0 aliphatic carbocycles. The number of aliphatic hydroxyl groups excluding tert-OH is 2. The molecule has 0 aliphatic heterocycles. The smallest absolute Gasteiger partial charge is 0.0720 e. The Morgan fingerprint density at radius 3 is 1.95 bits per heavy atom. The summed E-state index contributed by atoms with van der Waals surface area (Å²) in [6.07, 6.45) is 5.87. The van der Waals surface area contributed by atoms with Gasteiger partial charge < -0.3 is 14.9 Å². The molecule has 0 atom stereocenters. The van der Waals surface area contributed by atoms with E-state index in [0.29, 0.717) is 6.61 Å². The molecule has 0 radical (unpaired) electrons. The quantitative estimate of drug-likeness (QED) is 0.605. The Balaban J connectivity index is 2.30. The van der Waals surface area contributed by atoms with Crippen LogP contribution in [0, 0.1) is 0 Å². The van der Waals surface area contributed by atoms with Gasteiger partial charge in [-0.1, -0.05) is 30.3 Å². The highest BCUT2D eigenvalue weighted by Crippen LogP contribution is 2.14. The molecule has 2 N–H and O–H groups in total. The maximum absolute atomic E-state index is 8.83. The Bertz CT molecular complexity index is 290. The number of benzene rings is 1. The van der Waals surface area contributed by atoms with E-state index in [1.165, 1.54) is 5.56 Å². The highest BCUT2D eigenvalue weighted by Gasteiger charge is 2.09. The average molecular weight is 266 g/mol. The molecule has 19 heavy (non-hydrogen) atoms. The molecule has 1 aromatic carbocycles. The number of rotatable bonds is 11. The number of ether oxygens (including phenoxy) is 1. The third-order valence-electron chi connectivity index (χ3n) is 3.20. The molecular weight excluding hydrogens is 240 g/mol. The SMILES string of the molecule is OCCCCC(CCCCO)OCc1ccccc1. The normalized spacial score (nSPS) is 11.1. The summed E-state index contributed by atoms with van der Waals surface area (Å²) in [5.41, 5.74) is 1.19. The second kappa shape index (κ2) is 11.0. The van der Waals surface area contributed by atoms with Crippen molar-refractivity contribution >= 4 is 0 Å². The molecule has 1 rings (SSSR count). The van der Waals surface area contributed by atoms with Crippen LogP contribution in [-0.4, -0.2) is 29.5 Å². The fourth-order valence-corrected chi connectivity index (χ4v) is 2.07. The fraction of sp³-hybridized carbons (Fsp3) is 0.625. The van der Waals surface area contributed by atoms with Crippen LogP contribution < -0.4 is 0 Å². The molecule has 0 saturated carbocycles. The Kier molecular flexibility index (Phi) is 9.33. The second-order valence-corrected chi connectivity index (χ2v) is 4.86. The van der Waals surface area contributed by atoms with Gasteiger partial charge in [-0.25, -0.2) is 0 Å². The van der Waals surface area contributed by atoms with Crippen molar-refractivity contribution in [3.63, 3.8) is 0 Å². The van der Waals surface area contributed by atoms with Crippen molar-refractivity contribution < 1.29 is 14.9 Å². The topological polar surface area (TPSA) is 49.7 Å². The van der Waals surface area contributed by atoms with E-state index in [-0.39, 0.29) is 19.3 Å². The average Bonchev–Trinajstić information content (AvgIpc) is 2.45. The fourth-order valence-electron chi connectivity index (χ4n) is 2.07. The second-order valence-electron chi connectivity index (χ2n) is 4.86. The monoisotopic (exact) mass is 266 g/mol. The lowest BCUT2D eigenvalue weighted by molar-refractivity contribution is 0.0249. The van der Waals surface area contributed by atoms with E-state index >= 15 is 0 Å². The third-order valence-corrected chi connectivity index (χ3v) is 3.20. The zero-order valence-corrected chi connectivity index (χ0v) is 11.6. The highest BCUT2D eigenvalue weighted by molar-refractivity contribution is 5.13. The van der Waals surface area contributed by atoms with Crippen LogP contribution in [0.15, 0.2) is 30.3 Å². The summed E-state index contributed by atoms with van der Waals surface area (Å²) in [5, 5.41) is 17.7. The summed E-state index contributed by atoms with van der Waals surface area (Å²) < 4.78 is 5.96. The molecule has 1 aromatic rings. The van der Waals surface area contributed by atoms with Gasteiger partial charge in [-0.05, 0) is 44.1 Å². The van der Waals surface area contributed by atoms with Gasteiger partial charge in [-0.2, -0.15) is 0 Å². The van der Waals surface area contributed by atoms with Crippen LogP contribution in [0.1, 0.15) is 44.1 Å². The Labute approximate surface area is 116 Å². The molecule has 0 spiro atoms. The summed E-state index contributed by atoms with van der Waals surface area (Å²) in [5.74, 6) is 0. The van der Waals surface area contributed by atoms with Gasteiger partial charge >= 0.3 is 0 Å². The van der Waals surface area contributed by atoms with Crippen molar-refractivity contribution in [2.24, 2.45) is 0 Å². The van der Waals surface area contributed by atoms with Gasteiger partial charge in [0.2, 0.25) is 0 Å². The lowest BCUT2D eigenvalue weighted by atomic mass is 10.1. The number of unbranched alkanes of at least 4 members (excludes halogenated alkanes) is 2. The summed E-state index contributed by atoms with van der Waals surface area (Å²) in [4.78, 5) is 0. The minimum absolute atomic E-state index is 0.235. The van der Waals surface area contributed by atoms with E-state index < -0.39 is 0 Å². The summed E-state index contributed by atoms with van der Waals surface area (Å²) >= 11 is 0. The first-order chi connectivity index (χ1) is 9.36. The maximum Gasteiger partial charge on any atom is 0.0720 e. The Morgan fingerprint density at radius 2 is 1.42 bits per heavy atom. The van der Waals surface area contributed by atoms with Gasteiger partial charge in [0, 0.05) is 13.2 Å². The van der Waals surface area contributed by atoms with Crippen molar-refractivity contribution in [2.75, 3.05) is 13.2 Å². The van der Waals surface area contributed by atoms with Crippen molar-refractivity contribution in [2.45, 2.75) is 51.2 Å². The van der Waals surface area contributed by atoms with Crippen LogP contribution in [0.25, 0.3) is 0 Å². The summed E-state index contributed by atoms with van der Waals surface area (Å²) in [7, 11) is 0. The van der Waals surface area contributed by atoms with Crippen LogP contribution in [0.4, 0.5) is 0 Å². The molecule has 0 bridgehead atoms. The molecule has 0 unspecified atom stereocenters. The number of aliphatic hydroxyl groups is 2.